The number of amides is 2. The number of hydrogen-bond donors (Lipinski definition) is 0. The molecule has 40 heavy (non-hydrogen) atoms. The molecule has 2 aromatic carbocycles. The maximum atomic E-state index is 14.2. The van der Waals surface area contributed by atoms with Crippen molar-refractivity contribution in [2.45, 2.75) is 104 Å². The van der Waals surface area contributed by atoms with E-state index in [0.29, 0.717) is 6.42 Å². The van der Waals surface area contributed by atoms with Crippen LogP contribution in [0.25, 0.3) is 5.69 Å². The number of para-hydroxylation sites is 2. The molecule has 0 radical (unpaired) electrons. The number of aryl methyl sites for hydroxylation is 1. The van der Waals surface area contributed by atoms with Crippen LogP contribution in [0.2, 0.25) is 0 Å². The summed E-state index contributed by atoms with van der Waals surface area (Å²) in [5, 5.41) is 0. The van der Waals surface area contributed by atoms with Gasteiger partial charge in [-0.3, -0.25) is 14.5 Å². The number of fused-ring (bicyclic) bond motifs is 3. The van der Waals surface area contributed by atoms with Gasteiger partial charge in [0.1, 0.15) is 12.6 Å². The van der Waals surface area contributed by atoms with Gasteiger partial charge in [-0.05, 0) is 57.0 Å². The fraction of sp³-hybridized carbons (Fsp3) is 0.486. The topological polar surface area (TPSA) is 45.6 Å². The molecular formula is C35H47N3O2. The fourth-order valence-corrected chi connectivity index (χ4v) is 5.84. The molecule has 1 unspecified atom stereocenters. The minimum Gasteiger partial charge on any atom is -0.331 e. The van der Waals surface area contributed by atoms with Crippen molar-refractivity contribution in [2.75, 3.05) is 11.4 Å². The van der Waals surface area contributed by atoms with E-state index in [1.807, 2.05) is 43.0 Å². The molecule has 0 fully saturated rings. The van der Waals surface area contributed by atoms with Crippen LogP contribution in [-0.2, 0) is 9.59 Å². The second kappa shape index (κ2) is 14.3. The maximum absolute atomic E-state index is 14.2. The predicted molar refractivity (Wildman–Crippen MR) is 165 cm³/mol. The van der Waals surface area contributed by atoms with E-state index in [4.69, 9.17) is 0 Å². The molecule has 5 nitrogen and oxygen atoms in total. The number of benzene rings is 2. The first-order valence-corrected chi connectivity index (χ1v) is 15.4. The second-order valence-electron chi connectivity index (χ2n) is 11.6. The molecule has 2 heterocycles. The molecule has 1 aliphatic heterocycles. The van der Waals surface area contributed by atoms with Crippen molar-refractivity contribution in [3.05, 3.63) is 83.7 Å². The summed E-state index contributed by atoms with van der Waals surface area (Å²) in [5.41, 5.74) is 5.15. The Morgan fingerprint density at radius 3 is 2.08 bits per heavy atom. The zero-order valence-electron chi connectivity index (χ0n) is 24.9. The SMILES string of the molecule is CCCCCCCCCCCC(=O)N(CC(=O)N1c2ccccc2-n2cccc2C1c1ccc(C)cc1)C(C)C. The Kier molecular flexibility index (Phi) is 10.6. The second-order valence-corrected chi connectivity index (χ2v) is 11.6. The van der Waals surface area contributed by atoms with Crippen LogP contribution in [0, 0.1) is 6.92 Å². The van der Waals surface area contributed by atoms with Gasteiger partial charge in [-0.2, -0.15) is 0 Å². The molecule has 4 rings (SSSR count). The lowest BCUT2D eigenvalue weighted by Crippen LogP contribution is -2.48. The normalized spacial score (nSPS) is 14.2. The summed E-state index contributed by atoms with van der Waals surface area (Å²) < 4.78 is 2.18. The average Bonchev–Trinajstić information content (AvgIpc) is 3.44. The molecule has 1 aromatic heterocycles. The number of rotatable bonds is 14. The molecule has 1 atom stereocenters. The van der Waals surface area contributed by atoms with Crippen molar-refractivity contribution in [1.29, 1.82) is 0 Å². The molecule has 214 valence electrons. The molecule has 3 aromatic rings. The Morgan fingerprint density at radius 1 is 0.800 bits per heavy atom. The number of unbranched alkanes of at least 4 members (excludes halogenated alkanes) is 8. The van der Waals surface area contributed by atoms with Gasteiger partial charge >= 0.3 is 0 Å². The predicted octanol–water partition coefficient (Wildman–Crippen LogP) is 8.38. The van der Waals surface area contributed by atoms with E-state index in [1.165, 1.54) is 50.5 Å². The van der Waals surface area contributed by atoms with Gasteiger partial charge in [0, 0.05) is 18.7 Å². The van der Waals surface area contributed by atoms with Crippen LogP contribution in [0.5, 0.6) is 0 Å². The summed E-state index contributed by atoms with van der Waals surface area (Å²) in [7, 11) is 0. The lowest BCUT2D eigenvalue weighted by atomic mass is 9.97. The van der Waals surface area contributed by atoms with Crippen molar-refractivity contribution in [1.82, 2.24) is 9.47 Å². The molecule has 0 saturated carbocycles. The molecule has 0 bridgehead atoms. The van der Waals surface area contributed by atoms with E-state index in [2.05, 4.69) is 61.0 Å². The minimum absolute atomic E-state index is 0.0447. The third-order valence-electron chi connectivity index (χ3n) is 8.12. The minimum atomic E-state index is -0.264. The van der Waals surface area contributed by atoms with Crippen molar-refractivity contribution in [3.8, 4) is 5.69 Å². The summed E-state index contributed by atoms with van der Waals surface area (Å²) in [6, 6.07) is 20.3. The quantitative estimate of drug-likeness (QED) is 0.192. The highest BCUT2D eigenvalue weighted by atomic mass is 16.2. The number of carbonyl (C=O) groups excluding carboxylic acids is 2. The van der Waals surface area contributed by atoms with Crippen LogP contribution in [0.4, 0.5) is 5.69 Å². The van der Waals surface area contributed by atoms with E-state index in [9.17, 15) is 9.59 Å². The number of aromatic nitrogens is 1. The monoisotopic (exact) mass is 541 g/mol. The third kappa shape index (κ3) is 7.04. The number of nitrogens with zero attached hydrogens (tertiary/aromatic N) is 3. The lowest BCUT2D eigenvalue weighted by molar-refractivity contribution is -0.137. The molecule has 0 spiro atoms. The molecule has 1 aliphatic rings. The number of hydrogen-bond acceptors (Lipinski definition) is 2. The highest BCUT2D eigenvalue weighted by molar-refractivity contribution is 6.00. The van der Waals surface area contributed by atoms with Crippen LogP contribution >= 0.6 is 0 Å². The summed E-state index contributed by atoms with van der Waals surface area (Å²) in [6.45, 7) is 8.41. The summed E-state index contributed by atoms with van der Waals surface area (Å²) >= 11 is 0. The van der Waals surface area contributed by atoms with E-state index in [0.717, 1.165) is 35.5 Å². The van der Waals surface area contributed by atoms with Gasteiger partial charge in [-0.15, -0.1) is 0 Å². The largest absolute Gasteiger partial charge is 0.331 e. The lowest BCUT2D eigenvalue weighted by Gasteiger charge is -2.40. The first kappa shape index (κ1) is 29.6. The van der Waals surface area contributed by atoms with Crippen LogP contribution in [0.15, 0.2) is 66.9 Å². The van der Waals surface area contributed by atoms with Crippen molar-refractivity contribution in [3.63, 3.8) is 0 Å². The summed E-state index contributed by atoms with van der Waals surface area (Å²) in [4.78, 5) is 31.2. The van der Waals surface area contributed by atoms with Gasteiger partial charge in [0.05, 0.1) is 17.1 Å². The first-order valence-electron chi connectivity index (χ1n) is 15.4. The van der Waals surface area contributed by atoms with E-state index >= 15 is 0 Å². The zero-order chi connectivity index (χ0) is 28.5. The molecule has 0 aliphatic carbocycles. The van der Waals surface area contributed by atoms with Gasteiger partial charge < -0.3 is 9.47 Å². The highest BCUT2D eigenvalue weighted by Gasteiger charge is 2.37. The van der Waals surface area contributed by atoms with Gasteiger partial charge in [-0.25, -0.2) is 0 Å². The summed E-state index contributed by atoms with van der Waals surface area (Å²) in [5.74, 6) is 0.0199. The van der Waals surface area contributed by atoms with Gasteiger partial charge in [0.15, 0.2) is 0 Å². The Balaban J connectivity index is 1.47. The molecule has 0 N–H and O–H groups in total. The van der Waals surface area contributed by atoms with Gasteiger partial charge in [-0.1, -0.05) is 100 Å². The van der Waals surface area contributed by atoms with Crippen LogP contribution in [0.3, 0.4) is 0 Å². The Bertz CT molecular complexity index is 1240. The molecule has 5 heteroatoms. The molecule has 0 saturated heterocycles. The average molecular weight is 542 g/mol. The van der Waals surface area contributed by atoms with Gasteiger partial charge in [0.2, 0.25) is 11.8 Å². The Hall–Kier alpha value is -3.34. The zero-order valence-corrected chi connectivity index (χ0v) is 24.9. The summed E-state index contributed by atoms with van der Waals surface area (Å²) in [6.07, 6.45) is 13.5. The van der Waals surface area contributed by atoms with E-state index < -0.39 is 0 Å². The Labute approximate surface area is 241 Å². The Morgan fingerprint density at radius 2 is 1.43 bits per heavy atom. The van der Waals surface area contributed by atoms with E-state index in [-0.39, 0.29) is 30.4 Å². The fourth-order valence-electron chi connectivity index (χ4n) is 5.84. The smallest absolute Gasteiger partial charge is 0.247 e. The molecular weight excluding hydrogens is 494 g/mol. The third-order valence-corrected chi connectivity index (χ3v) is 8.12. The van der Waals surface area contributed by atoms with Crippen LogP contribution < -0.4 is 4.90 Å². The maximum Gasteiger partial charge on any atom is 0.247 e. The van der Waals surface area contributed by atoms with Gasteiger partial charge in [0.25, 0.3) is 0 Å². The van der Waals surface area contributed by atoms with Crippen LogP contribution in [-0.4, -0.2) is 33.9 Å². The standard InChI is InChI=1S/C35H47N3O2/c1-5-6-7-8-9-10-11-12-13-20-33(39)37(27(2)3)26-34(40)38-31-18-15-14-17-30(31)36-25-16-19-32(36)35(38)29-23-21-28(4)22-24-29/h14-19,21-25,27,35H,5-13,20,26H2,1-4H3. The van der Waals surface area contributed by atoms with Crippen molar-refractivity contribution < 1.29 is 9.59 Å². The van der Waals surface area contributed by atoms with Crippen LogP contribution in [0.1, 0.15) is 108 Å². The van der Waals surface area contributed by atoms with Crippen molar-refractivity contribution in [2.24, 2.45) is 0 Å². The molecule has 2 amide bonds. The first-order chi connectivity index (χ1) is 19.4. The van der Waals surface area contributed by atoms with E-state index in [1.54, 1.807) is 4.90 Å². The number of carbonyl (C=O) groups is 2. The van der Waals surface area contributed by atoms with Crippen molar-refractivity contribution >= 4 is 17.5 Å². The highest BCUT2D eigenvalue weighted by Crippen LogP contribution is 2.42. The number of anilines is 1.